The molecule has 0 bridgehead atoms. The molecule has 0 radical (unpaired) electrons. The molecule has 4 heteroatoms. The van der Waals surface area contributed by atoms with Gasteiger partial charge in [0.2, 0.25) is 0 Å². The minimum Gasteiger partial charge on any atom is -0.372 e. The highest BCUT2D eigenvalue weighted by Gasteiger charge is 2.34. The summed E-state index contributed by atoms with van der Waals surface area (Å²) in [6.07, 6.45) is 2.50. The van der Waals surface area contributed by atoms with E-state index in [2.05, 4.69) is 5.16 Å². The molecule has 4 nitrogen and oxygen atoms in total. The van der Waals surface area contributed by atoms with E-state index in [4.69, 9.17) is 10.6 Å². The minimum absolute atomic E-state index is 0.523. The Morgan fingerprint density at radius 2 is 2.50 bits per heavy atom. The third-order valence-corrected chi connectivity index (χ3v) is 1.86. The number of hydrogen-bond donors (Lipinski definition) is 1. The molecule has 1 fully saturated rings. The molecule has 1 aliphatic carbocycles. The number of nitrogens with two attached hydrogens (primary N) is 1. The van der Waals surface area contributed by atoms with Gasteiger partial charge in [0, 0.05) is 5.92 Å². The first-order valence-corrected chi connectivity index (χ1v) is 3.56. The van der Waals surface area contributed by atoms with Crippen molar-refractivity contribution >= 4 is 5.84 Å². The van der Waals surface area contributed by atoms with Gasteiger partial charge in [-0.05, 0) is 12.8 Å². The standard InChI is InChI=1S/C6H11N3O/c7-3-9-4-10-8-6(9)5-1-2-5/h5H,1-4,7H2. The number of oxime groups is 1. The van der Waals surface area contributed by atoms with Crippen molar-refractivity contribution in [3.05, 3.63) is 0 Å². The van der Waals surface area contributed by atoms with Crippen LogP contribution >= 0.6 is 0 Å². The molecule has 0 aromatic heterocycles. The molecule has 56 valence electrons. The third kappa shape index (κ3) is 0.844. The molecule has 2 N–H and O–H groups in total. The maximum absolute atomic E-state index is 5.45. The summed E-state index contributed by atoms with van der Waals surface area (Å²) in [7, 11) is 0. The molecular weight excluding hydrogens is 130 g/mol. The molecule has 1 aliphatic heterocycles. The van der Waals surface area contributed by atoms with E-state index in [9.17, 15) is 0 Å². The summed E-state index contributed by atoms with van der Waals surface area (Å²) in [4.78, 5) is 6.87. The predicted octanol–water partition coefficient (Wildman–Crippen LogP) is -0.0842. The zero-order chi connectivity index (χ0) is 6.97. The highest BCUT2D eigenvalue weighted by molar-refractivity contribution is 5.86. The van der Waals surface area contributed by atoms with Crippen molar-refractivity contribution in [3.8, 4) is 0 Å². The van der Waals surface area contributed by atoms with Crippen LogP contribution in [-0.2, 0) is 4.84 Å². The number of rotatable bonds is 2. The van der Waals surface area contributed by atoms with Gasteiger partial charge >= 0.3 is 0 Å². The van der Waals surface area contributed by atoms with Gasteiger partial charge in [-0.15, -0.1) is 0 Å². The van der Waals surface area contributed by atoms with Crippen LogP contribution in [0.5, 0.6) is 0 Å². The van der Waals surface area contributed by atoms with E-state index in [0.29, 0.717) is 19.3 Å². The smallest absolute Gasteiger partial charge is 0.191 e. The van der Waals surface area contributed by atoms with E-state index in [1.165, 1.54) is 12.8 Å². The summed E-state index contributed by atoms with van der Waals surface area (Å²) >= 11 is 0. The quantitative estimate of drug-likeness (QED) is 0.585. The second-order valence-electron chi connectivity index (χ2n) is 2.70. The van der Waals surface area contributed by atoms with E-state index in [1.807, 2.05) is 4.90 Å². The summed E-state index contributed by atoms with van der Waals surface area (Å²) in [5.74, 6) is 1.70. The monoisotopic (exact) mass is 141 g/mol. The van der Waals surface area contributed by atoms with Gasteiger partial charge in [0.15, 0.2) is 12.6 Å². The van der Waals surface area contributed by atoms with Crippen molar-refractivity contribution in [2.75, 3.05) is 13.4 Å². The zero-order valence-electron chi connectivity index (χ0n) is 5.79. The molecule has 0 aromatic rings. The Labute approximate surface area is 59.6 Å². The molecule has 0 atom stereocenters. The van der Waals surface area contributed by atoms with E-state index in [-0.39, 0.29) is 0 Å². The van der Waals surface area contributed by atoms with Crippen LogP contribution < -0.4 is 5.73 Å². The number of hydrogen-bond acceptors (Lipinski definition) is 4. The van der Waals surface area contributed by atoms with Gasteiger partial charge < -0.3 is 15.5 Å². The van der Waals surface area contributed by atoms with Crippen molar-refractivity contribution in [2.24, 2.45) is 16.8 Å². The topological polar surface area (TPSA) is 50.8 Å². The van der Waals surface area contributed by atoms with Crippen LogP contribution in [0.15, 0.2) is 5.16 Å². The van der Waals surface area contributed by atoms with Gasteiger partial charge in [0.05, 0.1) is 6.67 Å². The lowest BCUT2D eigenvalue weighted by atomic mass is 10.3. The molecule has 0 aromatic carbocycles. The van der Waals surface area contributed by atoms with Crippen LogP contribution in [-0.4, -0.2) is 24.1 Å². The molecule has 0 saturated heterocycles. The fraction of sp³-hybridized carbons (Fsp3) is 0.833. The number of amidine groups is 1. The highest BCUT2D eigenvalue weighted by atomic mass is 16.7. The summed E-state index contributed by atoms with van der Waals surface area (Å²) in [6, 6.07) is 0. The molecule has 2 rings (SSSR count). The van der Waals surface area contributed by atoms with Crippen LogP contribution in [0.4, 0.5) is 0 Å². The summed E-state index contributed by atoms with van der Waals surface area (Å²) in [5.41, 5.74) is 5.45. The SMILES string of the molecule is NCN1CON=C1C1CC1. The summed E-state index contributed by atoms with van der Waals surface area (Å²) in [6.45, 7) is 1.07. The largest absolute Gasteiger partial charge is 0.372 e. The van der Waals surface area contributed by atoms with E-state index in [0.717, 1.165) is 5.84 Å². The van der Waals surface area contributed by atoms with Gasteiger partial charge in [0.25, 0.3) is 0 Å². The maximum Gasteiger partial charge on any atom is 0.191 e. The van der Waals surface area contributed by atoms with E-state index in [1.54, 1.807) is 0 Å². The van der Waals surface area contributed by atoms with Gasteiger partial charge in [-0.25, -0.2) is 0 Å². The first-order valence-electron chi connectivity index (χ1n) is 3.56. The number of nitrogens with zero attached hydrogens (tertiary/aromatic N) is 2. The van der Waals surface area contributed by atoms with Gasteiger partial charge in [-0.3, -0.25) is 0 Å². The van der Waals surface area contributed by atoms with Crippen LogP contribution in [0.3, 0.4) is 0 Å². The third-order valence-electron chi connectivity index (χ3n) is 1.86. The van der Waals surface area contributed by atoms with Crippen molar-refractivity contribution in [3.63, 3.8) is 0 Å². The van der Waals surface area contributed by atoms with Crippen molar-refractivity contribution in [1.82, 2.24) is 4.90 Å². The van der Waals surface area contributed by atoms with Gasteiger partial charge in [-0.1, -0.05) is 5.16 Å². The first-order chi connectivity index (χ1) is 4.92. The Morgan fingerprint density at radius 3 is 3.10 bits per heavy atom. The second-order valence-corrected chi connectivity index (χ2v) is 2.70. The van der Waals surface area contributed by atoms with Gasteiger partial charge in [-0.2, -0.15) is 0 Å². The molecule has 1 heterocycles. The molecule has 0 spiro atoms. The van der Waals surface area contributed by atoms with Crippen molar-refractivity contribution in [1.29, 1.82) is 0 Å². The fourth-order valence-corrected chi connectivity index (χ4v) is 1.11. The normalized spacial score (nSPS) is 24.5. The second kappa shape index (κ2) is 2.12. The fourth-order valence-electron chi connectivity index (χ4n) is 1.11. The Hall–Kier alpha value is -0.770. The average Bonchev–Trinajstić information content (AvgIpc) is 2.69. The van der Waals surface area contributed by atoms with E-state index < -0.39 is 0 Å². The molecule has 0 amide bonds. The predicted molar refractivity (Wildman–Crippen MR) is 37.0 cm³/mol. The van der Waals surface area contributed by atoms with Crippen LogP contribution in [0, 0.1) is 5.92 Å². The Bertz CT molecular complexity index is 164. The Morgan fingerprint density at radius 1 is 1.70 bits per heavy atom. The molecule has 0 unspecified atom stereocenters. The lowest BCUT2D eigenvalue weighted by Gasteiger charge is -2.12. The van der Waals surface area contributed by atoms with Crippen LogP contribution in [0.2, 0.25) is 0 Å². The zero-order valence-corrected chi connectivity index (χ0v) is 5.79. The maximum atomic E-state index is 5.45. The summed E-state index contributed by atoms with van der Waals surface area (Å²) < 4.78 is 0. The lowest BCUT2D eigenvalue weighted by Crippen LogP contribution is -2.34. The summed E-state index contributed by atoms with van der Waals surface area (Å²) in [5, 5.41) is 3.91. The first kappa shape index (κ1) is 5.97. The van der Waals surface area contributed by atoms with Gasteiger partial charge in [0.1, 0.15) is 0 Å². The average molecular weight is 141 g/mol. The molecule has 2 aliphatic rings. The molecule has 1 saturated carbocycles. The van der Waals surface area contributed by atoms with Crippen LogP contribution in [0.25, 0.3) is 0 Å². The highest BCUT2D eigenvalue weighted by Crippen LogP contribution is 2.33. The van der Waals surface area contributed by atoms with Crippen LogP contribution in [0.1, 0.15) is 12.8 Å². The van der Waals surface area contributed by atoms with Crippen molar-refractivity contribution < 1.29 is 4.84 Å². The lowest BCUT2D eigenvalue weighted by molar-refractivity contribution is 0.111. The van der Waals surface area contributed by atoms with E-state index >= 15 is 0 Å². The Kier molecular flexibility index (Phi) is 1.27. The minimum atomic E-state index is 0.523. The van der Waals surface area contributed by atoms with Crippen molar-refractivity contribution in [2.45, 2.75) is 12.8 Å². The molecular formula is C6H11N3O. The molecule has 10 heavy (non-hydrogen) atoms. The Balaban J connectivity index is 2.02.